The Kier molecular flexibility index (Phi) is 4.67. The number of anilines is 1. The summed E-state index contributed by atoms with van der Waals surface area (Å²) in [5.41, 5.74) is 0.647. The molecule has 0 radical (unpaired) electrons. The van der Waals surface area contributed by atoms with Crippen molar-refractivity contribution in [3.63, 3.8) is 0 Å². The number of nitrogens with zero attached hydrogens (tertiary/aromatic N) is 4. The largest absolute Gasteiger partial charge is 0.477 e. The third kappa shape index (κ3) is 3.46. The highest BCUT2D eigenvalue weighted by Crippen LogP contribution is 2.34. The molecule has 0 aliphatic carbocycles. The second-order valence-corrected chi connectivity index (χ2v) is 7.28. The number of carbonyl (C=O) groups is 1. The van der Waals surface area contributed by atoms with E-state index in [1.54, 1.807) is 6.92 Å². The molecular weight excluding hydrogens is 342 g/mol. The van der Waals surface area contributed by atoms with Gasteiger partial charge in [0.2, 0.25) is 5.89 Å². The van der Waals surface area contributed by atoms with Crippen LogP contribution in [0.25, 0.3) is 10.2 Å². The maximum atomic E-state index is 11.3. The summed E-state index contributed by atoms with van der Waals surface area (Å²) in [7, 11) is 0. The molecule has 0 saturated heterocycles. The Balaban J connectivity index is 1.89. The van der Waals surface area contributed by atoms with Crippen molar-refractivity contribution in [3.05, 3.63) is 28.5 Å². The van der Waals surface area contributed by atoms with Crippen LogP contribution in [-0.2, 0) is 6.42 Å². The number of aromatic carboxylic acids is 1. The molecule has 0 unspecified atom stereocenters. The van der Waals surface area contributed by atoms with Gasteiger partial charge in [-0.15, -0.1) is 11.3 Å². The highest BCUT2D eigenvalue weighted by Gasteiger charge is 2.21. The molecule has 0 spiro atoms. The van der Waals surface area contributed by atoms with E-state index >= 15 is 0 Å². The number of thiophene rings is 1. The third-order valence-electron chi connectivity index (χ3n) is 3.72. The molecule has 0 aliphatic rings. The van der Waals surface area contributed by atoms with Gasteiger partial charge < -0.3 is 14.9 Å². The Morgan fingerprint density at radius 1 is 1.36 bits per heavy atom. The Bertz CT molecular complexity index is 918. The molecule has 0 amide bonds. The average Bonchev–Trinajstić information content (AvgIpc) is 3.12. The van der Waals surface area contributed by atoms with E-state index in [-0.39, 0.29) is 10.9 Å². The normalized spacial score (nSPS) is 12.7. The second kappa shape index (κ2) is 6.75. The molecule has 3 heterocycles. The number of carboxylic acid groups (broad SMARTS) is 1. The molecule has 3 aromatic rings. The smallest absolute Gasteiger partial charge is 0.346 e. The van der Waals surface area contributed by atoms with Crippen LogP contribution in [0, 0.1) is 12.8 Å². The van der Waals surface area contributed by atoms with Crippen molar-refractivity contribution < 1.29 is 14.4 Å². The maximum absolute atomic E-state index is 11.3. The van der Waals surface area contributed by atoms with Gasteiger partial charge in [0, 0.05) is 6.42 Å². The first-order valence-corrected chi connectivity index (χ1v) is 8.74. The molecule has 0 aliphatic heterocycles. The first-order chi connectivity index (χ1) is 11.9. The van der Waals surface area contributed by atoms with Gasteiger partial charge in [-0.3, -0.25) is 0 Å². The van der Waals surface area contributed by atoms with Gasteiger partial charge in [-0.05, 0) is 25.3 Å². The molecule has 3 rings (SSSR count). The summed E-state index contributed by atoms with van der Waals surface area (Å²) < 4.78 is 5.33. The lowest BCUT2D eigenvalue weighted by Crippen LogP contribution is -2.09. The first kappa shape index (κ1) is 17.3. The van der Waals surface area contributed by atoms with E-state index in [2.05, 4.69) is 39.3 Å². The van der Waals surface area contributed by atoms with Gasteiger partial charge >= 0.3 is 5.97 Å². The van der Waals surface area contributed by atoms with Gasteiger partial charge in [0.15, 0.2) is 5.82 Å². The van der Waals surface area contributed by atoms with Crippen LogP contribution in [0.15, 0.2) is 10.9 Å². The lowest BCUT2D eigenvalue weighted by molar-refractivity contribution is 0.0701. The monoisotopic (exact) mass is 361 g/mol. The quantitative estimate of drug-likeness (QED) is 0.686. The van der Waals surface area contributed by atoms with Crippen LogP contribution in [0.1, 0.15) is 53.8 Å². The molecule has 1 atom stereocenters. The second-order valence-electron chi connectivity index (χ2n) is 6.28. The average molecular weight is 361 g/mol. The minimum absolute atomic E-state index is 0.265. The molecule has 132 valence electrons. The van der Waals surface area contributed by atoms with Crippen molar-refractivity contribution in [1.29, 1.82) is 0 Å². The van der Waals surface area contributed by atoms with Crippen LogP contribution in [0.2, 0.25) is 0 Å². The molecule has 3 aromatic heterocycles. The fourth-order valence-corrected chi connectivity index (χ4v) is 3.53. The van der Waals surface area contributed by atoms with Crippen molar-refractivity contribution >= 4 is 33.3 Å². The Labute approximate surface area is 148 Å². The maximum Gasteiger partial charge on any atom is 0.346 e. The van der Waals surface area contributed by atoms with Crippen molar-refractivity contribution in [2.75, 3.05) is 5.32 Å². The summed E-state index contributed by atoms with van der Waals surface area (Å²) in [6.45, 7) is 7.83. The van der Waals surface area contributed by atoms with Gasteiger partial charge in [0.05, 0.1) is 5.39 Å². The first-order valence-electron chi connectivity index (χ1n) is 7.93. The number of carboxylic acids is 1. The lowest BCUT2D eigenvalue weighted by Gasteiger charge is -2.11. The van der Waals surface area contributed by atoms with Gasteiger partial charge in [-0.2, -0.15) is 4.98 Å². The van der Waals surface area contributed by atoms with Crippen LogP contribution >= 0.6 is 11.3 Å². The predicted molar refractivity (Wildman–Crippen MR) is 94.0 cm³/mol. The number of aromatic nitrogens is 4. The molecule has 0 aromatic carbocycles. The summed E-state index contributed by atoms with van der Waals surface area (Å²) >= 11 is 1.14. The van der Waals surface area contributed by atoms with E-state index in [9.17, 15) is 9.90 Å². The summed E-state index contributed by atoms with van der Waals surface area (Å²) in [6.07, 6.45) is 2.16. The number of hydrogen-bond donors (Lipinski definition) is 2. The van der Waals surface area contributed by atoms with E-state index in [0.29, 0.717) is 39.2 Å². The van der Waals surface area contributed by atoms with Crippen molar-refractivity contribution in [1.82, 2.24) is 20.1 Å². The fraction of sp³-hybridized carbons (Fsp3) is 0.438. The number of nitrogens with one attached hydrogen (secondary N) is 1. The third-order valence-corrected chi connectivity index (χ3v) is 4.91. The molecule has 8 nitrogen and oxygen atoms in total. The molecule has 2 N–H and O–H groups in total. The molecule has 0 bridgehead atoms. The van der Waals surface area contributed by atoms with Crippen LogP contribution in [0.5, 0.6) is 0 Å². The van der Waals surface area contributed by atoms with Gasteiger partial charge in [0.1, 0.15) is 27.9 Å². The zero-order valence-corrected chi connectivity index (χ0v) is 15.2. The Hall–Kier alpha value is -2.55. The zero-order chi connectivity index (χ0) is 18.1. The highest BCUT2D eigenvalue weighted by molar-refractivity contribution is 7.20. The molecule has 0 fully saturated rings. The molecule has 0 saturated carbocycles. The standard InChI is InChI=1S/C16H19N5O3S/c1-7(2)5-10-20-14(24-21-10)9(4)19-13-11-8(3)12(16(22)23)25-15(11)18-6-17-13/h6-7,9H,5H2,1-4H3,(H,22,23)(H,17,18,19)/t9-/m0/s1. The molecule has 9 heteroatoms. The van der Waals surface area contributed by atoms with Gasteiger partial charge in [-0.25, -0.2) is 14.8 Å². The van der Waals surface area contributed by atoms with Gasteiger partial charge in [0.25, 0.3) is 0 Å². The van der Waals surface area contributed by atoms with E-state index in [4.69, 9.17) is 4.52 Å². The van der Waals surface area contributed by atoms with Crippen LogP contribution in [-0.4, -0.2) is 31.2 Å². The lowest BCUT2D eigenvalue weighted by atomic mass is 10.1. The highest BCUT2D eigenvalue weighted by atomic mass is 32.1. The van der Waals surface area contributed by atoms with E-state index < -0.39 is 5.97 Å². The van der Waals surface area contributed by atoms with Crippen LogP contribution in [0.3, 0.4) is 0 Å². The van der Waals surface area contributed by atoms with E-state index in [0.717, 1.165) is 17.8 Å². The molecular formula is C16H19N5O3S. The number of hydrogen-bond acceptors (Lipinski definition) is 8. The summed E-state index contributed by atoms with van der Waals surface area (Å²) in [5, 5.41) is 17.2. The predicted octanol–water partition coefficient (Wildman–Crippen LogP) is 3.45. The SMILES string of the molecule is Cc1c(C(=O)O)sc2ncnc(N[C@@H](C)c3nc(CC(C)C)no3)c12. The summed E-state index contributed by atoms with van der Waals surface area (Å²) in [4.78, 5) is 25.1. The minimum Gasteiger partial charge on any atom is -0.477 e. The molecule has 25 heavy (non-hydrogen) atoms. The Morgan fingerprint density at radius 2 is 2.12 bits per heavy atom. The van der Waals surface area contributed by atoms with Crippen molar-refractivity contribution in [2.24, 2.45) is 5.92 Å². The topological polar surface area (TPSA) is 114 Å². The van der Waals surface area contributed by atoms with Crippen LogP contribution < -0.4 is 5.32 Å². The van der Waals surface area contributed by atoms with Crippen LogP contribution in [0.4, 0.5) is 5.82 Å². The van der Waals surface area contributed by atoms with Crippen molar-refractivity contribution in [3.8, 4) is 0 Å². The van der Waals surface area contributed by atoms with E-state index in [1.807, 2.05) is 6.92 Å². The summed E-state index contributed by atoms with van der Waals surface area (Å²) in [6, 6.07) is -0.265. The number of aryl methyl sites for hydroxylation is 1. The minimum atomic E-state index is -0.963. The van der Waals surface area contributed by atoms with Gasteiger partial charge in [-0.1, -0.05) is 19.0 Å². The Morgan fingerprint density at radius 3 is 2.80 bits per heavy atom. The zero-order valence-electron chi connectivity index (χ0n) is 14.4. The van der Waals surface area contributed by atoms with E-state index in [1.165, 1.54) is 6.33 Å². The number of fused-ring (bicyclic) bond motifs is 1. The number of rotatable bonds is 6. The summed E-state index contributed by atoms with van der Waals surface area (Å²) in [5.74, 6) is 1.18. The van der Waals surface area contributed by atoms with Crippen molar-refractivity contribution in [2.45, 2.75) is 40.2 Å². The fourth-order valence-electron chi connectivity index (χ4n) is 2.54.